The molecule has 9 N–H and O–H groups in total. The van der Waals surface area contributed by atoms with Gasteiger partial charge in [0.1, 0.15) is 67.0 Å². The van der Waals surface area contributed by atoms with Gasteiger partial charge in [-0.05, 0) is 0 Å². The van der Waals surface area contributed by atoms with E-state index >= 15 is 0 Å². The van der Waals surface area contributed by atoms with Crippen LogP contribution in [-0.2, 0) is 33.3 Å². The van der Waals surface area contributed by atoms with Crippen LogP contribution >= 0.6 is 0 Å². The number of nitrogens with zero attached hydrogens (tertiary/aromatic N) is 2. The summed E-state index contributed by atoms with van der Waals surface area (Å²) >= 11 is 0. The molecule has 0 unspecified atom stereocenters. The lowest BCUT2D eigenvalue weighted by Crippen LogP contribution is -2.69. The molecule has 3 fully saturated rings. The first-order chi connectivity index (χ1) is 20.3. The van der Waals surface area contributed by atoms with E-state index < -0.39 is 123 Å². The molecule has 0 radical (unpaired) electrons. The summed E-state index contributed by atoms with van der Waals surface area (Å²) in [5, 5.41) is 78.1. The number of hydrogen-bond donors (Lipinski definition) is 9. The molecule has 2 saturated heterocycles. The van der Waals surface area contributed by atoms with Gasteiger partial charge >= 0.3 is 0 Å². The summed E-state index contributed by atoms with van der Waals surface area (Å²) in [5.41, 5.74) is 0. The van der Waals surface area contributed by atoms with Crippen molar-refractivity contribution >= 4 is 17.8 Å². The lowest BCUT2D eigenvalue weighted by Gasteiger charge is -2.48. The first-order valence-electron chi connectivity index (χ1n) is 14.0. The van der Waals surface area contributed by atoms with Crippen LogP contribution in [0.1, 0.15) is 13.8 Å². The number of fused-ring (bicyclic) bond motifs is 1. The molecule has 0 spiro atoms. The fourth-order valence-electron chi connectivity index (χ4n) is 5.89. The normalized spacial score (nSPS) is 44.3. The summed E-state index contributed by atoms with van der Waals surface area (Å²) in [6, 6.07) is -3.23. The minimum atomic E-state index is -1.67. The molecule has 4 rings (SSSR count). The molecule has 3 heterocycles. The second-order valence-electron chi connectivity index (χ2n) is 11.3. The largest absolute Gasteiger partial charge is 0.459 e. The highest BCUT2D eigenvalue weighted by Crippen LogP contribution is 2.39. The van der Waals surface area contributed by atoms with Gasteiger partial charge in [0.15, 0.2) is 12.6 Å². The number of aliphatic imine (C=N–C) groups is 1. The van der Waals surface area contributed by atoms with Crippen molar-refractivity contribution in [2.75, 3.05) is 33.9 Å². The molecule has 246 valence electrons. The molecule has 0 aromatic heterocycles. The molecule has 1 aliphatic carbocycles. The molecule has 4 aliphatic rings. The van der Waals surface area contributed by atoms with Crippen molar-refractivity contribution in [1.29, 1.82) is 0 Å². The lowest BCUT2D eigenvalue weighted by atomic mass is 9.94. The van der Waals surface area contributed by atoms with Crippen molar-refractivity contribution in [3.05, 3.63) is 0 Å². The van der Waals surface area contributed by atoms with Gasteiger partial charge in [-0.2, -0.15) is 0 Å². The zero-order valence-electron chi connectivity index (χ0n) is 24.2. The van der Waals surface area contributed by atoms with Crippen LogP contribution in [0.25, 0.3) is 0 Å². The Morgan fingerprint density at radius 1 is 0.791 bits per heavy atom. The summed E-state index contributed by atoms with van der Waals surface area (Å²) in [6.07, 6.45) is -15.2. The molecule has 1 saturated carbocycles. The summed E-state index contributed by atoms with van der Waals surface area (Å²) in [5.74, 6) is -1.98. The third-order valence-electron chi connectivity index (χ3n) is 8.02. The van der Waals surface area contributed by atoms with Crippen LogP contribution in [0.4, 0.5) is 0 Å². The fraction of sp³-hybridized carbons (Fsp3) is 0.880. The van der Waals surface area contributed by atoms with Crippen molar-refractivity contribution in [2.24, 2.45) is 10.9 Å². The molecule has 2 amide bonds. The standard InChI is InChI=1S/C25H42N4O14/c1-8(33)26-13-18(37)17(36)11(6-31)39-23(13)41-21-12(7-32)40-24(14(19(21)38)27-9(2)34)42-22-15-20(10(5-30)16(22)35)43-25(28-15)29(3)4/h10-24,30-32,35-38H,5-7H2,1-4H3,(H,26,33)(H,27,34)/t10-,11-,12-,13-,14-,15+,16-,17-,18+,19+,20+,21-,22+,23+,24+/m1/s1. The predicted octanol–water partition coefficient (Wildman–Crippen LogP) is -6.05. The highest BCUT2D eigenvalue weighted by atomic mass is 16.7. The van der Waals surface area contributed by atoms with Crippen LogP contribution in [0.15, 0.2) is 4.99 Å². The van der Waals surface area contributed by atoms with Gasteiger partial charge in [-0.25, -0.2) is 4.99 Å². The molecule has 18 heteroatoms. The lowest BCUT2D eigenvalue weighted by molar-refractivity contribution is -0.338. The smallest absolute Gasteiger partial charge is 0.287 e. The van der Waals surface area contributed by atoms with Crippen molar-refractivity contribution in [3.8, 4) is 0 Å². The first-order valence-corrected chi connectivity index (χ1v) is 14.0. The number of aliphatic hydroxyl groups is 7. The molecule has 3 aliphatic heterocycles. The van der Waals surface area contributed by atoms with Crippen molar-refractivity contribution in [1.82, 2.24) is 15.5 Å². The number of rotatable bonds is 9. The average Bonchev–Trinajstić information content (AvgIpc) is 3.48. The zero-order chi connectivity index (χ0) is 31.7. The summed E-state index contributed by atoms with van der Waals surface area (Å²) in [7, 11) is 3.41. The molecule has 15 atom stereocenters. The van der Waals surface area contributed by atoms with Crippen LogP contribution in [0.3, 0.4) is 0 Å². The Labute approximate surface area is 247 Å². The maximum absolute atomic E-state index is 12.2. The van der Waals surface area contributed by atoms with Gasteiger partial charge in [0.2, 0.25) is 11.8 Å². The summed E-state index contributed by atoms with van der Waals surface area (Å²) in [4.78, 5) is 30.1. The first kappa shape index (κ1) is 33.7. The van der Waals surface area contributed by atoms with Crippen molar-refractivity contribution in [3.63, 3.8) is 0 Å². The van der Waals surface area contributed by atoms with E-state index in [1.807, 2.05) is 0 Å². The SMILES string of the molecule is CC(=O)N[C@H]1[C@H](O[C@H]2[C@@H](O)[C@@H](NC(C)=O)[C@H](O[C@@H]3[C@H](O)[C@@H](CO)[C@@H]4OC(N(C)C)=N[C@H]34)O[C@@H]2CO)O[C@H](CO)[C@@H](O)[C@H]1O. The Morgan fingerprint density at radius 2 is 1.33 bits per heavy atom. The van der Waals surface area contributed by atoms with Gasteiger partial charge in [-0.1, -0.05) is 0 Å². The maximum Gasteiger partial charge on any atom is 0.287 e. The van der Waals surface area contributed by atoms with E-state index in [9.17, 15) is 45.3 Å². The minimum Gasteiger partial charge on any atom is -0.459 e. The van der Waals surface area contributed by atoms with E-state index in [1.165, 1.54) is 6.92 Å². The molecule has 43 heavy (non-hydrogen) atoms. The molecule has 18 nitrogen and oxygen atoms in total. The Hall–Kier alpha value is -2.23. The van der Waals surface area contributed by atoms with Gasteiger partial charge in [0, 0.05) is 27.9 Å². The third-order valence-corrected chi connectivity index (χ3v) is 8.02. The Morgan fingerprint density at radius 3 is 1.84 bits per heavy atom. The van der Waals surface area contributed by atoms with Gasteiger partial charge in [-0.3, -0.25) is 9.59 Å². The van der Waals surface area contributed by atoms with Crippen LogP contribution in [0.5, 0.6) is 0 Å². The topological polar surface area (TPSA) is 262 Å². The van der Waals surface area contributed by atoms with Crippen LogP contribution in [0, 0.1) is 5.92 Å². The average molecular weight is 623 g/mol. The summed E-state index contributed by atoms with van der Waals surface area (Å²) < 4.78 is 29.4. The van der Waals surface area contributed by atoms with Crippen LogP contribution in [-0.4, -0.2) is 178 Å². The van der Waals surface area contributed by atoms with E-state index in [1.54, 1.807) is 19.0 Å². The second kappa shape index (κ2) is 13.8. The number of carbonyl (C=O) groups is 2. The highest BCUT2D eigenvalue weighted by Gasteiger charge is 2.58. The van der Waals surface area contributed by atoms with Gasteiger partial charge in [-0.15, -0.1) is 0 Å². The number of aliphatic hydroxyl groups excluding tert-OH is 7. The summed E-state index contributed by atoms with van der Waals surface area (Å²) in [6.45, 7) is 0.431. The van der Waals surface area contributed by atoms with Gasteiger partial charge < -0.3 is 75.0 Å². The van der Waals surface area contributed by atoms with E-state index in [0.717, 1.165) is 6.92 Å². The quantitative estimate of drug-likeness (QED) is 0.116. The van der Waals surface area contributed by atoms with Crippen LogP contribution in [0.2, 0.25) is 0 Å². The number of hydrogen-bond acceptors (Lipinski definition) is 16. The number of nitrogens with one attached hydrogen (secondary N) is 2. The van der Waals surface area contributed by atoms with E-state index in [-0.39, 0.29) is 6.02 Å². The van der Waals surface area contributed by atoms with E-state index in [4.69, 9.17) is 23.7 Å². The monoisotopic (exact) mass is 622 g/mol. The minimum absolute atomic E-state index is 0.258. The zero-order valence-corrected chi connectivity index (χ0v) is 24.2. The van der Waals surface area contributed by atoms with Crippen molar-refractivity contribution in [2.45, 2.75) is 99.5 Å². The molecule has 0 bridgehead atoms. The molecular weight excluding hydrogens is 580 g/mol. The molecule has 0 aromatic rings. The Kier molecular flexibility index (Phi) is 10.8. The molecular formula is C25H42N4O14. The number of ether oxygens (including phenoxy) is 5. The number of amides is 2. The predicted molar refractivity (Wildman–Crippen MR) is 141 cm³/mol. The third kappa shape index (κ3) is 6.74. The van der Waals surface area contributed by atoms with E-state index in [0.29, 0.717) is 0 Å². The second-order valence-corrected chi connectivity index (χ2v) is 11.3. The molecule has 0 aromatic carbocycles. The fourth-order valence-corrected chi connectivity index (χ4v) is 5.89. The Balaban J connectivity index is 1.59. The highest BCUT2D eigenvalue weighted by molar-refractivity contribution is 5.76. The van der Waals surface area contributed by atoms with E-state index in [2.05, 4.69) is 15.6 Å². The number of amidine groups is 1. The van der Waals surface area contributed by atoms with Crippen LogP contribution < -0.4 is 10.6 Å². The van der Waals surface area contributed by atoms with Gasteiger partial charge in [0.05, 0.1) is 31.8 Å². The Bertz CT molecular complexity index is 1020. The maximum atomic E-state index is 12.2. The van der Waals surface area contributed by atoms with Gasteiger partial charge in [0.25, 0.3) is 6.02 Å². The number of carbonyl (C=O) groups excluding carboxylic acids is 2. The van der Waals surface area contributed by atoms with Crippen molar-refractivity contribution < 1.29 is 69.0 Å².